The second kappa shape index (κ2) is 7.28. The van der Waals surface area contributed by atoms with Gasteiger partial charge in [-0.2, -0.15) is 0 Å². The quantitative estimate of drug-likeness (QED) is 0.367. The lowest BCUT2D eigenvalue weighted by Gasteiger charge is -1.99. The first kappa shape index (κ1) is 10.2. The minimum atomic E-state index is -0.110. The van der Waals surface area contributed by atoms with E-state index in [0.717, 1.165) is 5.75 Å². The van der Waals surface area contributed by atoms with Crippen LogP contribution in [-0.4, -0.2) is 24.6 Å². The van der Waals surface area contributed by atoms with Gasteiger partial charge in [-0.25, -0.2) is 0 Å². The summed E-state index contributed by atoms with van der Waals surface area (Å²) in [5.41, 5.74) is 0. The van der Waals surface area contributed by atoms with Gasteiger partial charge in [0.25, 0.3) is 0 Å². The SMILES string of the molecule is CCC(=O)OCCSSC. The molecule has 0 aromatic heterocycles. The molecule has 0 aromatic rings. The highest BCUT2D eigenvalue weighted by molar-refractivity contribution is 8.76. The molecule has 0 heterocycles. The fourth-order valence-corrected chi connectivity index (χ4v) is 1.40. The molecule has 0 bridgehead atoms. The second-order valence-electron chi connectivity index (χ2n) is 1.56. The molecule has 0 N–H and O–H groups in total. The van der Waals surface area contributed by atoms with Crippen molar-refractivity contribution in [1.82, 2.24) is 0 Å². The maximum Gasteiger partial charge on any atom is 0.305 e. The standard InChI is InChI=1S/C6H12O2S2/c1-3-6(7)8-4-5-10-9-2/h3-5H2,1-2H3. The van der Waals surface area contributed by atoms with Gasteiger partial charge in [0.2, 0.25) is 0 Å². The lowest BCUT2D eigenvalue weighted by molar-refractivity contribution is -0.142. The van der Waals surface area contributed by atoms with Crippen LogP contribution in [-0.2, 0) is 9.53 Å². The van der Waals surface area contributed by atoms with Gasteiger partial charge in [-0.3, -0.25) is 4.79 Å². The minimum absolute atomic E-state index is 0.110. The van der Waals surface area contributed by atoms with Gasteiger partial charge in [-0.05, 0) is 6.26 Å². The van der Waals surface area contributed by atoms with Crippen LogP contribution in [0.4, 0.5) is 0 Å². The Balaban J connectivity index is 2.96. The number of rotatable bonds is 5. The normalized spacial score (nSPS) is 9.40. The fourth-order valence-electron chi connectivity index (χ4n) is 0.375. The maximum atomic E-state index is 10.5. The van der Waals surface area contributed by atoms with E-state index < -0.39 is 0 Å². The highest BCUT2D eigenvalue weighted by atomic mass is 33.1. The molecule has 0 radical (unpaired) electrons. The summed E-state index contributed by atoms with van der Waals surface area (Å²) >= 11 is 0. The van der Waals surface area contributed by atoms with E-state index in [-0.39, 0.29) is 5.97 Å². The third-order valence-electron chi connectivity index (χ3n) is 0.836. The number of carbonyl (C=O) groups excluding carboxylic acids is 1. The monoisotopic (exact) mass is 180 g/mol. The maximum absolute atomic E-state index is 10.5. The lowest BCUT2D eigenvalue weighted by Crippen LogP contribution is -2.04. The van der Waals surface area contributed by atoms with Crippen molar-refractivity contribution < 1.29 is 9.53 Å². The van der Waals surface area contributed by atoms with Gasteiger partial charge in [0, 0.05) is 12.2 Å². The summed E-state index contributed by atoms with van der Waals surface area (Å²) in [6.45, 7) is 2.34. The zero-order chi connectivity index (χ0) is 7.82. The van der Waals surface area contributed by atoms with Gasteiger partial charge in [-0.15, -0.1) is 0 Å². The smallest absolute Gasteiger partial charge is 0.305 e. The van der Waals surface area contributed by atoms with Crippen molar-refractivity contribution in [3.8, 4) is 0 Å². The molecular weight excluding hydrogens is 168 g/mol. The van der Waals surface area contributed by atoms with Gasteiger partial charge >= 0.3 is 5.97 Å². The summed E-state index contributed by atoms with van der Waals surface area (Å²) in [6.07, 6.45) is 2.48. The second-order valence-corrected chi connectivity index (χ2v) is 4.25. The minimum Gasteiger partial charge on any atom is -0.465 e. The van der Waals surface area contributed by atoms with Crippen LogP contribution in [0.25, 0.3) is 0 Å². The highest BCUT2D eigenvalue weighted by Crippen LogP contribution is 2.15. The summed E-state index contributed by atoms with van der Waals surface area (Å²) in [5, 5.41) is 0. The number of carbonyl (C=O) groups is 1. The van der Waals surface area contributed by atoms with E-state index in [2.05, 4.69) is 0 Å². The van der Waals surface area contributed by atoms with E-state index in [1.807, 2.05) is 6.26 Å². The first-order chi connectivity index (χ1) is 4.81. The van der Waals surface area contributed by atoms with E-state index in [9.17, 15) is 4.79 Å². The molecule has 10 heavy (non-hydrogen) atoms. The predicted octanol–water partition coefficient (Wildman–Crippen LogP) is 1.95. The summed E-state index contributed by atoms with van der Waals surface area (Å²) in [4.78, 5) is 10.5. The molecule has 0 unspecified atom stereocenters. The summed E-state index contributed by atoms with van der Waals surface area (Å²) in [6, 6.07) is 0. The number of hydrogen-bond acceptors (Lipinski definition) is 4. The van der Waals surface area contributed by atoms with Crippen molar-refractivity contribution in [1.29, 1.82) is 0 Å². The highest BCUT2D eigenvalue weighted by Gasteiger charge is 1.95. The average Bonchev–Trinajstić information content (AvgIpc) is 1.98. The Bertz CT molecular complexity index is 95.7. The van der Waals surface area contributed by atoms with Crippen molar-refractivity contribution in [2.24, 2.45) is 0 Å². The van der Waals surface area contributed by atoms with Crippen molar-refractivity contribution in [3.63, 3.8) is 0 Å². The molecule has 0 aliphatic rings. The average molecular weight is 180 g/mol. The van der Waals surface area contributed by atoms with Crippen LogP contribution < -0.4 is 0 Å². The molecule has 2 nitrogen and oxygen atoms in total. The first-order valence-electron chi connectivity index (χ1n) is 3.12. The van der Waals surface area contributed by atoms with Crippen LogP contribution in [0.1, 0.15) is 13.3 Å². The number of ether oxygens (including phenoxy) is 1. The van der Waals surface area contributed by atoms with E-state index >= 15 is 0 Å². The molecule has 0 amide bonds. The van der Waals surface area contributed by atoms with Crippen LogP contribution in [0.3, 0.4) is 0 Å². The summed E-state index contributed by atoms with van der Waals surface area (Å²) in [7, 11) is 3.39. The lowest BCUT2D eigenvalue weighted by atomic mass is 10.5. The van der Waals surface area contributed by atoms with Gasteiger partial charge < -0.3 is 4.74 Å². The van der Waals surface area contributed by atoms with Gasteiger partial charge in [0.05, 0.1) is 0 Å². The molecule has 0 fully saturated rings. The molecule has 0 aliphatic heterocycles. The Hall–Kier alpha value is 0.170. The third-order valence-corrected chi connectivity index (χ3v) is 2.61. The molecule has 0 aliphatic carbocycles. The molecule has 60 valence electrons. The van der Waals surface area contributed by atoms with E-state index in [0.29, 0.717) is 13.0 Å². The molecule has 0 atom stereocenters. The Kier molecular flexibility index (Phi) is 7.40. The van der Waals surface area contributed by atoms with E-state index in [4.69, 9.17) is 4.74 Å². The Morgan fingerprint density at radius 2 is 2.30 bits per heavy atom. The molecule has 0 saturated carbocycles. The molecule has 0 aromatic carbocycles. The van der Waals surface area contributed by atoms with Crippen LogP contribution >= 0.6 is 21.6 Å². The molecule has 0 rings (SSSR count). The topological polar surface area (TPSA) is 26.3 Å². The number of hydrogen-bond donors (Lipinski definition) is 0. The van der Waals surface area contributed by atoms with Crippen LogP contribution in [0.2, 0.25) is 0 Å². The van der Waals surface area contributed by atoms with E-state index in [1.54, 1.807) is 28.5 Å². The molecule has 4 heteroatoms. The molecule has 0 saturated heterocycles. The van der Waals surface area contributed by atoms with Gasteiger partial charge in [0.1, 0.15) is 6.61 Å². The Morgan fingerprint density at radius 1 is 1.60 bits per heavy atom. The Labute approximate surface area is 69.5 Å². The zero-order valence-corrected chi connectivity index (χ0v) is 7.89. The predicted molar refractivity (Wildman–Crippen MR) is 47.2 cm³/mol. The third kappa shape index (κ3) is 6.29. The van der Waals surface area contributed by atoms with Crippen molar-refractivity contribution >= 4 is 27.6 Å². The number of esters is 1. The molecule has 0 spiro atoms. The summed E-state index contributed by atoms with van der Waals surface area (Å²) < 4.78 is 4.82. The van der Waals surface area contributed by atoms with E-state index in [1.165, 1.54) is 0 Å². The van der Waals surface area contributed by atoms with Crippen LogP contribution in [0.15, 0.2) is 0 Å². The first-order valence-corrected chi connectivity index (χ1v) is 5.85. The van der Waals surface area contributed by atoms with Crippen LogP contribution in [0.5, 0.6) is 0 Å². The van der Waals surface area contributed by atoms with Gasteiger partial charge in [-0.1, -0.05) is 28.5 Å². The zero-order valence-electron chi connectivity index (χ0n) is 6.25. The van der Waals surface area contributed by atoms with Crippen molar-refractivity contribution in [2.45, 2.75) is 13.3 Å². The van der Waals surface area contributed by atoms with Crippen molar-refractivity contribution in [2.75, 3.05) is 18.6 Å². The molecular formula is C6H12O2S2. The van der Waals surface area contributed by atoms with Crippen molar-refractivity contribution in [3.05, 3.63) is 0 Å². The summed E-state index contributed by atoms with van der Waals surface area (Å²) in [5.74, 6) is 0.772. The fraction of sp³-hybridized carbons (Fsp3) is 0.833. The largest absolute Gasteiger partial charge is 0.465 e. The Morgan fingerprint density at radius 3 is 2.80 bits per heavy atom. The van der Waals surface area contributed by atoms with Gasteiger partial charge in [0.15, 0.2) is 0 Å². The van der Waals surface area contributed by atoms with Crippen LogP contribution in [0, 0.1) is 0 Å².